The number of benzene rings is 2. The van der Waals surface area contributed by atoms with E-state index in [-0.39, 0.29) is 5.78 Å². The predicted octanol–water partition coefficient (Wildman–Crippen LogP) is 3.47. The summed E-state index contributed by atoms with van der Waals surface area (Å²) in [5.41, 5.74) is 1.85. The van der Waals surface area contributed by atoms with Gasteiger partial charge in [-0.3, -0.25) is 9.59 Å². The number of rotatable bonds is 4. The molecule has 0 radical (unpaired) electrons. The van der Waals surface area contributed by atoms with Crippen LogP contribution in [0.25, 0.3) is 0 Å². The molecule has 0 unspecified atom stereocenters. The molecule has 1 aliphatic rings. The molecule has 0 heterocycles. The molecular weight excluding hydrogens is 344 g/mol. The average Bonchev–Trinajstić information content (AvgIpc) is 2.93. The minimum atomic E-state index is -0.970. The van der Waals surface area contributed by atoms with Gasteiger partial charge < -0.3 is 14.2 Å². The Kier molecular flexibility index (Phi) is 4.68. The lowest BCUT2D eigenvalue weighted by Gasteiger charge is -2.20. The molecule has 2 atom stereocenters. The van der Waals surface area contributed by atoms with Crippen LogP contribution in [0.3, 0.4) is 0 Å². The van der Waals surface area contributed by atoms with Crippen molar-refractivity contribution in [3.63, 3.8) is 0 Å². The van der Waals surface area contributed by atoms with E-state index in [0.717, 1.165) is 5.56 Å². The number of Topliss-reactive ketones (excluding diaryl/α,β-unsaturated/α-hetero) is 1. The third-order valence-electron chi connectivity index (χ3n) is 4.45. The van der Waals surface area contributed by atoms with Gasteiger partial charge in [-0.05, 0) is 23.8 Å². The molecule has 0 bridgehead atoms. The molecule has 0 saturated heterocycles. The number of ether oxygens (including phenoxy) is 3. The van der Waals surface area contributed by atoms with Crippen LogP contribution in [0.15, 0.2) is 36.4 Å². The Labute approximate surface area is 150 Å². The lowest BCUT2D eigenvalue weighted by molar-refractivity contribution is -0.143. The monoisotopic (exact) mass is 360 g/mol. The van der Waals surface area contributed by atoms with Gasteiger partial charge in [0.25, 0.3) is 0 Å². The van der Waals surface area contributed by atoms with Crippen LogP contribution in [0.5, 0.6) is 11.5 Å². The van der Waals surface area contributed by atoms with Crippen molar-refractivity contribution in [2.24, 2.45) is 5.92 Å². The molecule has 3 rings (SSSR count). The fraction of sp³-hybridized carbons (Fsp3) is 0.263. The minimum absolute atomic E-state index is 0.306. The van der Waals surface area contributed by atoms with Crippen molar-refractivity contribution in [1.82, 2.24) is 0 Å². The van der Waals surface area contributed by atoms with Gasteiger partial charge in [0.2, 0.25) is 0 Å². The van der Waals surface area contributed by atoms with E-state index in [0.29, 0.717) is 27.6 Å². The summed E-state index contributed by atoms with van der Waals surface area (Å²) in [6.07, 6.45) is 0. The molecule has 0 aromatic heterocycles. The number of hydrogen-bond donors (Lipinski definition) is 0. The van der Waals surface area contributed by atoms with Gasteiger partial charge in [0.1, 0.15) is 17.4 Å². The zero-order valence-electron chi connectivity index (χ0n) is 14.0. The summed E-state index contributed by atoms with van der Waals surface area (Å²) in [4.78, 5) is 25.3. The third kappa shape index (κ3) is 2.85. The topological polar surface area (TPSA) is 61.8 Å². The first-order valence-electron chi connectivity index (χ1n) is 7.65. The fourth-order valence-electron chi connectivity index (χ4n) is 3.30. The summed E-state index contributed by atoms with van der Waals surface area (Å²) in [6, 6.07) is 10.4. The van der Waals surface area contributed by atoms with Crippen molar-refractivity contribution < 1.29 is 23.8 Å². The van der Waals surface area contributed by atoms with Gasteiger partial charge in [-0.1, -0.05) is 23.7 Å². The van der Waals surface area contributed by atoms with Gasteiger partial charge in [0.15, 0.2) is 5.78 Å². The Morgan fingerprint density at radius 2 is 1.72 bits per heavy atom. The number of ketones is 1. The molecule has 0 aliphatic heterocycles. The number of halogens is 1. The third-order valence-corrected chi connectivity index (χ3v) is 4.70. The van der Waals surface area contributed by atoms with Crippen LogP contribution in [0, 0.1) is 5.92 Å². The summed E-state index contributed by atoms with van der Waals surface area (Å²) in [5, 5.41) is 0.574. The Bertz CT molecular complexity index is 828. The van der Waals surface area contributed by atoms with Gasteiger partial charge in [-0.25, -0.2) is 0 Å². The van der Waals surface area contributed by atoms with Crippen molar-refractivity contribution in [1.29, 1.82) is 0 Å². The molecule has 0 amide bonds. The van der Waals surface area contributed by atoms with Crippen molar-refractivity contribution >= 4 is 23.4 Å². The first kappa shape index (κ1) is 17.3. The summed E-state index contributed by atoms with van der Waals surface area (Å²) < 4.78 is 15.6. The zero-order chi connectivity index (χ0) is 18.1. The Morgan fingerprint density at radius 3 is 2.28 bits per heavy atom. The normalized spacial score (nSPS) is 18.6. The first-order valence-corrected chi connectivity index (χ1v) is 8.03. The Balaban J connectivity index is 2.25. The summed E-state index contributed by atoms with van der Waals surface area (Å²) in [7, 11) is 4.30. The largest absolute Gasteiger partial charge is 0.497 e. The molecule has 0 fully saturated rings. The number of methoxy groups -OCH3 is 3. The highest BCUT2D eigenvalue weighted by molar-refractivity contribution is 6.30. The molecule has 5 nitrogen and oxygen atoms in total. The molecule has 6 heteroatoms. The van der Waals surface area contributed by atoms with E-state index in [1.54, 1.807) is 36.4 Å². The second kappa shape index (κ2) is 6.76. The average molecular weight is 361 g/mol. The van der Waals surface area contributed by atoms with E-state index in [4.69, 9.17) is 25.8 Å². The maximum atomic E-state index is 12.9. The molecule has 25 heavy (non-hydrogen) atoms. The van der Waals surface area contributed by atoms with Crippen LogP contribution in [0.2, 0.25) is 5.02 Å². The van der Waals surface area contributed by atoms with Crippen molar-refractivity contribution in [3.8, 4) is 11.5 Å². The van der Waals surface area contributed by atoms with Crippen LogP contribution >= 0.6 is 11.6 Å². The highest BCUT2D eigenvalue weighted by Crippen LogP contribution is 2.48. The Morgan fingerprint density at radius 1 is 1.04 bits per heavy atom. The zero-order valence-corrected chi connectivity index (χ0v) is 14.8. The molecule has 1 aliphatic carbocycles. The second-order valence-corrected chi connectivity index (χ2v) is 6.12. The van der Waals surface area contributed by atoms with Crippen LogP contribution < -0.4 is 9.47 Å². The molecular formula is C19H17ClO5. The first-order chi connectivity index (χ1) is 12.0. The number of hydrogen-bond acceptors (Lipinski definition) is 5. The van der Waals surface area contributed by atoms with Gasteiger partial charge in [-0.15, -0.1) is 0 Å². The molecule has 0 saturated carbocycles. The summed E-state index contributed by atoms with van der Waals surface area (Å²) in [6.45, 7) is 0. The molecule has 130 valence electrons. The maximum Gasteiger partial charge on any atom is 0.317 e. The van der Waals surface area contributed by atoms with E-state index < -0.39 is 17.8 Å². The molecule has 0 spiro atoms. The van der Waals surface area contributed by atoms with Crippen LogP contribution in [-0.2, 0) is 9.53 Å². The smallest absolute Gasteiger partial charge is 0.317 e. The summed E-state index contributed by atoms with van der Waals surface area (Å²) >= 11 is 5.97. The lowest BCUT2D eigenvalue weighted by atomic mass is 9.85. The van der Waals surface area contributed by atoms with Crippen molar-refractivity contribution in [2.75, 3.05) is 21.3 Å². The highest BCUT2D eigenvalue weighted by atomic mass is 35.5. The van der Waals surface area contributed by atoms with E-state index in [1.165, 1.54) is 21.3 Å². The minimum Gasteiger partial charge on any atom is -0.497 e. The summed E-state index contributed by atoms with van der Waals surface area (Å²) in [5.74, 6) is -1.38. The molecule has 2 aromatic carbocycles. The standard InChI is InChI=1S/C19H17ClO5/c1-23-12-8-13-16(14(9-12)24-2)15(10-4-6-11(20)7-5-10)17(18(13)21)19(22)25-3/h4-9,15,17H,1-3H3/t15-,17+/m0/s1. The van der Waals surface area contributed by atoms with Gasteiger partial charge in [-0.2, -0.15) is 0 Å². The van der Waals surface area contributed by atoms with E-state index >= 15 is 0 Å². The van der Waals surface area contributed by atoms with E-state index in [1.807, 2.05) is 0 Å². The fourth-order valence-corrected chi connectivity index (χ4v) is 3.42. The number of esters is 1. The second-order valence-electron chi connectivity index (χ2n) is 5.69. The quantitative estimate of drug-likeness (QED) is 0.617. The van der Waals surface area contributed by atoms with Gasteiger partial charge >= 0.3 is 5.97 Å². The van der Waals surface area contributed by atoms with Crippen molar-refractivity contribution in [3.05, 3.63) is 58.1 Å². The lowest BCUT2D eigenvalue weighted by Crippen LogP contribution is -2.26. The molecule has 2 aromatic rings. The van der Waals surface area contributed by atoms with Gasteiger partial charge in [0.05, 0.1) is 21.3 Å². The van der Waals surface area contributed by atoms with Crippen LogP contribution in [0.4, 0.5) is 0 Å². The number of fused-ring (bicyclic) bond motifs is 1. The van der Waals surface area contributed by atoms with E-state index in [9.17, 15) is 9.59 Å². The number of carbonyl (C=O) groups is 2. The highest BCUT2D eigenvalue weighted by Gasteiger charge is 2.47. The number of carbonyl (C=O) groups excluding carboxylic acids is 2. The van der Waals surface area contributed by atoms with Crippen LogP contribution in [0.1, 0.15) is 27.4 Å². The molecule has 0 N–H and O–H groups in total. The van der Waals surface area contributed by atoms with Gasteiger partial charge in [0, 0.05) is 28.1 Å². The van der Waals surface area contributed by atoms with Crippen molar-refractivity contribution in [2.45, 2.75) is 5.92 Å². The van der Waals surface area contributed by atoms with Crippen LogP contribution in [-0.4, -0.2) is 33.1 Å². The van der Waals surface area contributed by atoms with E-state index in [2.05, 4.69) is 0 Å². The Hall–Kier alpha value is -2.53. The maximum absolute atomic E-state index is 12.9. The predicted molar refractivity (Wildman–Crippen MR) is 92.7 cm³/mol. The SMILES string of the molecule is COC(=O)[C@H]1C(=O)c2cc(OC)cc(OC)c2[C@@H]1c1ccc(Cl)cc1.